The number of methoxy groups -OCH3 is 1. The summed E-state index contributed by atoms with van der Waals surface area (Å²) in [6.45, 7) is 13.1. The van der Waals surface area contributed by atoms with Crippen LogP contribution in [0.4, 0.5) is 0 Å². The number of rotatable bonds is 13. The van der Waals surface area contributed by atoms with E-state index in [1.807, 2.05) is 18.2 Å². The molecule has 0 saturated carbocycles. The molecule has 7 nitrogen and oxygen atoms in total. The first-order valence-electron chi connectivity index (χ1n) is 13.0. The summed E-state index contributed by atoms with van der Waals surface area (Å²) < 4.78 is 11.9. The molecule has 0 unspecified atom stereocenters. The van der Waals surface area contributed by atoms with E-state index >= 15 is 0 Å². The van der Waals surface area contributed by atoms with Crippen LogP contribution in [0.2, 0.25) is 23.2 Å². The van der Waals surface area contributed by atoms with Crippen molar-refractivity contribution in [2.45, 2.75) is 70.8 Å². The lowest BCUT2D eigenvalue weighted by Gasteiger charge is -2.40. The van der Waals surface area contributed by atoms with Crippen LogP contribution < -0.4 is 10.1 Å². The minimum atomic E-state index is -2.09. The zero-order valence-electron chi connectivity index (χ0n) is 23.9. The van der Waals surface area contributed by atoms with Crippen LogP contribution in [0.5, 0.6) is 5.75 Å². The number of nitrogens with one attached hydrogen (secondary N) is 1. The summed E-state index contributed by atoms with van der Waals surface area (Å²) >= 11 is 6.17. The third-order valence-electron chi connectivity index (χ3n) is 7.02. The van der Waals surface area contributed by atoms with Crippen molar-refractivity contribution in [1.29, 1.82) is 0 Å². The summed E-state index contributed by atoms with van der Waals surface area (Å²) in [5.41, 5.74) is 1.68. The Balaban J connectivity index is 2.11. The molecular formula is C30H41ClN2O5Si. The lowest BCUT2D eigenvalue weighted by Crippen LogP contribution is -2.45. The SMILES string of the molecule is COc1ccc(C[C@@H](NC(=O)/C=C/C[C@H](O[Si](C)(C)C(C)(C)C)[C@H](C)/C=C/c2cccnc2)C(=O)O)cc1Cl. The number of pyridine rings is 1. The summed E-state index contributed by atoms with van der Waals surface area (Å²) in [5, 5.41) is 12.7. The van der Waals surface area contributed by atoms with Gasteiger partial charge in [-0.25, -0.2) is 4.79 Å². The topological polar surface area (TPSA) is 97.8 Å². The Morgan fingerprint density at radius 1 is 1.23 bits per heavy atom. The Bertz CT molecular complexity index is 1160. The highest BCUT2D eigenvalue weighted by molar-refractivity contribution is 6.74. The van der Waals surface area contributed by atoms with Gasteiger partial charge in [-0.15, -0.1) is 0 Å². The third-order valence-corrected chi connectivity index (χ3v) is 11.8. The van der Waals surface area contributed by atoms with E-state index < -0.39 is 26.2 Å². The van der Waals surface area contributed by atoms with Gasteiger partial charge in [0.2, 0.25) is 5.91 Å². The number of hydrogen-bond donors (Lipinski definition) is 2. The quantitative estimate of drug-likeness (QED) is 0.209. The number of amides is 1. The van der Waals surface area contributed by atoms with E-state index in [4.69, 9.17) is 20.8 Å². The van der Waals surface area contributed by atoms with E-state index in [-0.39, 0.29) is 23.5 Å². The second-order valence-corrected chi connectivity index (χ2v) is 16.3. The number of carboxylic acids is 1. The average Bonchev–Trinajstić information content (AvgIpc) is 2.86. The molecule has 212 valence electrons. The van der Waals surface area contributed by atoms with Crippen molar-refractivity contribution in [2.24, 2.45) is 5.92 Å². The number of nitrogens with zero attached hydrogens (tertiary/aromatic N) is 1. The monoisotopic (exact) mass is 572 g/mol. The van der Waals surface area contributed by atoms with E-state index in [2.05, 4.69) is 57.2 Å². The molecule has 9 heteroatoms. The molecule has 2 aromatic rings. The molecule has 0 radical (unpaired) electrons. The highest BCUT2D eigenvalue weighted by Crippen LogP contribution is 2.38. The highest BCUT2D eigenvalue weighted by Gasteiger charge is 2.39. The Morgan fingerprint density at radius 3 is 2.51 bits per heavy atom. The van der Waals surface area contributed by atoms with Crippen molar-refractivity contribution >= 4 is 37.9 Å². The summed E-state index contributed by atoms with van der Waals surface area (Å²) in [4.78, 5) is 28.7. The van der Waals surface area contributed by atoms with Crippen molar-refractivity contribution in [3.63, 3.8) is 0 Å². The van der Waals surface area contributed by atoms with Gasteiger partial charge in [-0.2, -0.15) is 0 Å². The number of hydrogen-bond acceptors (Lipinski definition) is 5. The molecule has 0 saturated heterocycles. The van der Waals surface area contributed by atoms with Crippen molar-refractivity contribution in [2.75, 3.05) is 7.11 Å². The number of aliphatic carboxylic acids is 1. The van der Waals surface area contributed by atoms with Crippen LogP contribution in [0, 0.1) is 5.92 Å². The standard InChI is InChI=1S/C30H41ClN2O5Si/c1-21(13-14-22-10-9-17-32-20-22)26(38-39(6,7)30(2,3)4)11-8-12-28(34)33-25(29(35)36)19-23-15-16-27(37-5)24(31)18-23/h8-10,12-18,20-21,25-26H,11,19H2,1-7H3,(H,33,34)(H,35,36)/b12-8+,14-13+/t21-,25-,26+/m1/s1. The number of ether oxygens (including phenoxy) is 1. The van der Waals surface area contributed by atoms with Crippen LogP contribution in [0.25, 0.3) is 6.08 Å². The minimum Gasteiger partial charge on any atom is -0.495 e. The zero-order chi connectivity index (χ0) is 29.2. The minimum absolute atomic E-state index is 0.0260. The van der Waals surface area contributed by atoms with Gasteiger partial charge in [0.1, 0.15) is 11.8 Å². The smallest absolute Gasteiger partial charge is 0.326 e. The third kappa shape index (κ3) is 10.3. The Labute approximate surface area is 238 Å². The molecule has 0 spiro atoms. The molecule has 1 heterocycles. The largest absolute Gasteiger partial charge is 0.495 e. The normalized spacial score (nSPS) is 14.8. The van der Waals surface area contributed by atoms with Crippen molar-refractivity contribution in [1.82, 2.24) is 10.3 Å². The van der Waals surface area contributed by atoms with Gasteiger partial charge in [0.15, 0.2) is 8.32 Å². The molecule has 1 aromatic heterocycles. The molecule has 1 amide bonds. The molecule has 0 aliphatic heterocycles. The maximum atomic E-state index is 12.7. The molecule has 0 aliphatic rings. The average molecular weight is 573 g/mol. The molecule has 0 aliphatic carbocycles. The predicted octanol–water partition coefficient (Wildman–Crippen LogP) is 6.54. The molecule has 2 N–H and O–H groups in total. The van der Waals surface area contributed by atoms with Crippen LogP contribution in [0.15, 0.2) is 61.0 Å². The lowest BCUT2D eigenvalue weighted by molar-refractivity contribution is -0.141. The van der Waals surface area contributed by atoms with Gasteiger partial charge in [0.05, 0.1) is 18.2 Å². The van der Waals surface area contributed by atoms with Crippen LogP contribution in [0.3, 0.4) is 0 Å². The van der Waals surface area contributed by atoms with Crippen molar-refractivity contribution < 1.29 is 23.9 Å². The number of carbonyl (C=O) groups is 2. The van der Waals surface area contributed by atoms with Crippen molar-refractivity contribution in [3.8, 4) is 5.75 Å². The molecule has 0 bridgehead atoms. The Hall–Kier alpha value is -2.94. The van der Waals surface area contributed by atoms with Gasteiger partial charge >= 0.3 is 5.97 Å². The first kappa shape index (κ1) is 32.3. The fraction of sp³-hybridized carbons (Fsp3) is 0.433. The Kier molecular flexibility index (Phi) is 12.0. The number of halogens is 1. The fourth-order valence-electron chi connectivity index (χ4n) is 3.59. The molecule has 1 aromatic carbocycles. The van der Waals surface area contributed by atoms with E-state index in [0.717, 1.165) is 5.56 Å². The molecule has 3 atom stereocenters. The number of aromatic nitrogens is 1. The van der Waals surface area contributed by atoms with Gasteiger partial charge in [-0.1, -0.05) is 69.7 Å². The van der Waals surface area contributed by atoms with Crippen LogP contribution >= 0.6 is 11.6 Å². The first-order valence-corrected chi connectivity index (χ1v) is 16.3. The zero-order valence-corrected chi connectivity index (χ0v) is 25.7. The van der Waals surface area contributed by atoms with Gasteiger partial charge in [0.25, 0.3) is 0 Å². The first-order chi connectivity index (χ1) is 18.2. The number of carboxylic acid groups (broad SMARTS) is 1. The maximum Gasteiger partial charge on any atom is 0.326 e. The van der Waals surface area contributed by atoms with Gasteiger partial charge < -0.3 is 19.6 Å². The summed E-state index contributed by atoms with van der Waals surface area (Å²) in [7, 11) is -0.583. The maximum absolute atomic E-state index is 12.7. The fourth-order valence-corrected chi connectivity index (χ4v) is 5.29. The predicted molar refractivity (Wildman–Crippen MR) is 160 cm³/mol. The summed E-state index contributed by atoms with van der Waals surface area (Å²) in [6, 6.07) is 7.82. The molecule has 0 fully saturated rings. The van der Waals surface area contributed by atoms with E-state index in [1.165, 1.54) is 13.2 Å². The van der Waals surface area contributed by atoms with Crippen LogP contribution in [-0.4, -0.2) is 49.5 Å². The van der Waals surface area contributed by atoms with Crippen LogP contribution in [0.1, 0.15) is 45.2 Å². The summed E-state index contributed by atoms with van der Waals surface area (Å²) in [6.07, 6.45) is 11.2. The number of carbonyl (C=O) groups excluding carboxylic acids is 1. The van der Waals surface area contributed by atoms with E-state index in [0.29, 0.717) is 22.8 Å². The number of benzene rings is 1. The second-order valence-electron chi connectivity index (χ2n) is 11.1. The summed E-state index contributed by atoms with van der Waals surface area (Å²) in [5.74, 6) is -1.04. The van der Waals surface area contributed by atoms with Gasteiger partial charge in [-0.3, -0.25) is 9.78 Å². The van der Waals surface area contributed by atoms with E-state index in [1.54, 1.807) is 36.7 Å². The second kappa shape index (κ2) is 14.4. The van der Waals surface area contributed by atoms with Gasteiger partial charge in [0, 0.05) is 18.8 Å². The Morgan fingerprint density at radius 2 is 1.95 bits per heavy atom. The van der Waals surface area contributed by atoms with Crippen molar-refractivity contribution in [3.05, 3.63) is 77.1 Å². The van der Waals surface area contributed by atoms with Crippen LogP contribution in [-0.2, 0) is 20.4 Å². The lowest BCUT2D eigenvalue weighted by atomic mass is 10.0. The van der Waals surface area contributed by atoms with Gasteiger partial charge in [-0.05, 0) is 65.9 Å². The molecular weight excluding hydrogens is 532 g/mol. The molecule has 2 rings (SSSR count). The highest BCUT2D eigenvalue weighted by atomic mass is 35.5. The van der Waals surface area contributed by atoms with E-state index in [9.17, 15) is 14.7 Å². The molecule has 39 heavy (non-hydrogen) atoms.